The van der Waals surface area contributed by atoms with E-state index < -0.39 is 0 Å². The molecule has 0 aromatic heterocycles. The highest BCUT2D eigenvalue weighted by atomic mass is 35.5. The van der Waals surface area contributed by atoms with Crippen molar-refractivity contribution in [3.63, 3.8) is 0 Å². The van der Waals surface area contributed by atoms with Gasteiger partial charge in [0.1, 0.15) is 37.1 Å². The lowest BCUT2D eigenvalue weighted by Crippen LogP contribution is -2.06. The lowest BCUT2D eigenvalue weighted by molar-refractivity contribution is 0.291. The Balaban J connectivity index is 1.62. The predicted molar refractivity (Wildman–Crippen MR) is 175 cm³/mol. The van der Waals surface area contributed by atoms with Gasteiger partial charge in [0, 0.05) is 0 Å². The van der Waals surface area contributed by atoms with Crippen molar-refractivity contribution < 1.29 is 14.2 Å². The minimum atomic E-state index is 0.302. The summed E-state index contributed by atoms with van der Waals surface area (Å²) in [7, 11) is 0. The number of rotatable bonds is 15. The zero-order valence-corrected chi connectivity index (χ0v) is 25.7. The van der Waals surface area contributed by atoms with E-state index in [-0.39, 0.29) is 0 Å². The van der Waals surface area contributed by atoms with Crippen molar-refractivity contribution in [3.05, 3.63) is 159 Å². The van der Waals surface area contributed by atoms with Crippen molar-refractivity contribution in [3.8, 4) is 17.2 Å². The molecule has 0 aliphatic carbocycles. The predicted octanol–water partition coefficient (Wildman–Crippen LogP) is 10.6. The average Bonchev–Trinajstić information content (AvgIpc) is 2.97. The Morgan fingerprint density at radius 1 is 0.476 bits per heavy atom. The van der Waals surface area contributed by atoms with Gasteiger partial charge < -0.3 is 14.2 Å². The topological polar surface area (TPSA) is 27.7 Å². The van der Waals surface area contributed by atoms with E-state index in [1.807, 2.05) is 72.8 Å². The van der Waals surface area contributed by atoms with Gasteiger partial charge in [-0.15, -0.1) is 19.7 Å². The second-order valence-electron chi connectivity index (χ2n) is 9.69. The van der Waals surface area contributed by atoms with E-state index in [4.69, 9.17) is 49.0 Å². The van der Waals surface area contributed by atoms with Crippen LogP contribution >= 0.6 is 34.8 Å². The van der Waals surface area contributed by atoms with Crippen LogP contribution in [-0.2, 0) is 39.1 Å². The molecule has 4 aromatic rings. The van der Waals surface area contributed by atoms with E-state index in [9.17, 15) is 0 Å². The van der Waals surface area contributed by atoms with Crippen LogP contribution in [0.5, 0.6) is 17.2 Å². The molecule has 0 heterocycles. The first-order chi connectivity index (χ1) is 20.4. The number of hydrogen-bond acceptors (Lipinski definition) is 3. The first-order valence-electron chi connectivity index (χ1n) is 13.6. The second-order valence-corrected chi connectivity index (χ2v) is 10.9. The highest BCUT2D eigenvalue weighted by Gasteiger charge is 2.13. The Labute approximate surface area is 263 Å². The minimum Gasteiger partial charge on any atom is -0.487 e. The summed E-state index contributed by atoms with van der Waals surface area (Å²) in [6, 6.07) is 23.3. The number of benzene rings is 4. The maximum atomic E-state index is 6.50. The number of ether oxygens (including phenoxy) is 3. The van der Waals surface area contributed by atoms with Crippen LogP contribution in [0.2, 0.25) is 15.1 Å². The molecular formula is C36H33Cl3O3. The minimum absolute atomic E-state index is 0.302. The summed E-state index contributed by atoms with van der Waals surface area (Å²) in [5.74, 6) is 1.94. The van der Waals surface area contributed by atoms with Gasteiger partial charge in [0.2, 0.25) is 0 Å². The fourth-order valence-electron chi connectivity index (χ4n) is 4.65. The van der Waals surface area contributed by atoms with E-state index in [0.29, 0.717) is 71.4 Å². The molecule has 0 radical (unpaired) electrons. The monoisotopic (exact) mass is 618 g/mol. The molecule has 0 unspecified atom stereocenters. The van der Waals surface area contributed by atoms with Gasteiger partial charge in [-0.05, 0) is 89.0 Å². The molecule has 0 aliphatic heterocycles. The molecule has 0 atom stereocenters. The van der Waals surface area contributed by atoms with Crippen LogP contribution in [-0.4, -0.2) is 0 Å². The van der Waals surface area contributed by atoms with Crippen molar-refractivity contribution in [1.29, 1.82) is 0 Å². The summed E-state index contributed by atoms with van der Waals surface area (Å²) in [6.45, 7) is 12.5. The van der Waals surface area contributed by atoms with E-state index in [1.165, 1.54) is 0 Å². The summed E-state index contributed by atoms with van der Waals surface area (Å²) in [5.41, 5.74) is 5.74. The van der Waals surface area contributed by atoms with Crippen LogP contribution < -0.4 is 14.2 Å². The van der Waals surface area contributed by atoms with Gasteiger partial charge in [0.05, 0.1) is 15.1 Å². The van der Waals surface area contributed by atoms with Crippen molar-refractivity contribution in [2.75, 3.05) is 0 Å². The third-order valence-electron chi connectivity index (χ3n) is 6.50. The third kappa shape index (κ3) is 8.23. The van der Waals surface area contributed by atoms with Gasteiger partial charge in [-0.3, -0.25) is 0 Å². The summed E-state index contributed by atoms with van der Waals surface area (Å²) < 4.78 is 18.8. The number of hydrogen-bond donors (Lipinski definition) is 0. The number of halogens is 3. The second kappa shape index (κ2) is 15.6. The van der Waals surface area contributed by atoms with Crippen molar-refractivity contribution >= 4 is 34.8 Å². The lowest BCUT2D eigenvalue weighted by Gasteiger charge is -2.17. The van der Waals surface area contributed by atoms with E-state index in [2.05, 4.69) is 37.9 Å². The van der Waals surface area contributed by atoms with Crippen LogP contribution in [0, 0.1) is 0 Å². The largest absolute Gasteiger partial charge is 0.487 e. The Kier molecular flexibility index (Phi) is 11.6. The van der Waals surface area contributed by atoms with E-state index >= 15 is 0 Å². The molecule has 0 saturated carbocycles. The fraction of sp³-hybridized carbons (Fsp3) is 0.167. The molecule has 4 rings (SSSR count). The first kappa shape index (κ1) is 31.3. The Morgan fingerprint density at radius 2 is 0.762 bits per heavy atom. The molecule has 6 heteroatoms. The standard InChI is InChI=1S/C36H33Cl3O3/c1-4-10-28-13-7-16-31(37)34(28)40-22-25-19-26(23-41-35-29(11-5-2)14-8-17-32(35)38)21-27(20-25)24-42-36-30(12-6-3)15-9-18-33(36)39/h4-9,13-21H,1-3,10-12,22-24H2. The molecule has 0 fully saturated rings. The zero-order valence-electron chi connectivity index (χ0n) is 23.4. The molecule has 0 spiro atoms. The maximum Gasteiger partial charge on any atom is 0.141 e. The first-order valence-corrected chi connectivity index (χ1v) is 14.7. The average molecular weight is 620 g/mol. The van der Waals surface area contributed by atoms with Crippen molar-refractivity contribution in [1.82, 2.24) is 0 Å². The summed E-state index contributed by atoms with van der Waals surface area (Å²) in [6.07, 6.45) is 7.44. The smallest absolute Gasteiger partial charge is 0.141 e. The van der Waals surface area contributed by atoms with Gasteiger partial charge in [-0.1, -0.05) is 89.4 Å². The summed E-state index contributed by atoms with van der Waals surface area (Å²) in [4.78, 5) is 0. The summed E-state index contributed by atoms with van der Waals surface area (Å²) >= 11 is 19.5. The normalized spacial score (nSPS) is 10.6. The van der Waals surface area contributed by atoms with E-state index in [0.717, 1.165) is 33.4 Å². The molecule has 0 N–H and O–H groups in total. The Hall–Kier alpha value is -3.63. The highest BCUT2D eigenvalue weighted by Crippen LogP contribution is 2.33. The van der Waals surface area contributed by atoms with E-state index in [1.54, 1.807) is 0 Å². The summed E-state index contributed by atoms with van der Waals surface area (Å²) in [5, 5.41) is 1.66. The quantitative estimate of drug-likeness (QED) is 0.124. The molecule has 0 bridgehead atoms. The van der Waals surface area contributed by atoms with Crippen LogP contribution in [0.25, 0.3) is 0 Å². The highest BCUT2D eigenvalue weighted by molar-refractivity contribution is 6.32. The number of para-hydroxylation sites is 3. The SMILES string of the molecule is C=CCc1cccc(Cl)c1OCc1cc(COc2c(Cl)cccc2CC=C)cc(COc2c(Cl)cccc2CC=C)c1. The zero-order chi connectivity index (χ0) is 29.9. The molecule has 3 nitrogen and oxygen atoms in total. The van der Waals surface area contributed by atoms with Gasteiger partial charge in [-0.25, -0.2) is 0 Å². The fourth-order valence-corrected chi connectivity index (χ4v) is 5.40. The molecular weight excluding hydrogens is 587 g/mol. The van der Waals surface area contributed by atoms with Crippen LogP contribution in [0.3, 0.4) is 0 Å². The Morgan fingerprint density at radius 3 is 1.02 bits per heavy atom. The van der Waals surface area contributed by atoms with Gasteiger partial charge in [0.15, 0.2) is 0 Å². The molecule has 0 aliphatic rings. The molecule has 42 heavy (non-hydrogen) atoms. The van der Waals surface area contributed by atoms with Gasteiger partial charge >= 0.3 is 0 Å². The molecule has 216 valence electrons. The van der Waals surface area contributed by atoms with Crippen LogP contribution in [0.1, 0.15) is 33.4 Å². The van der Waals surface area contributed by atoms with Crippen LogP contribution in [0.4, 0.5) is 0 Å². The van der Waals surface area contributed by atoms with Gasteiger partial charge in [0.25, 0.3) is 0 Å². The maximum absolute atomic E-state index is 6.50. The van der Waals surface area contributed by atoms with Gasteiger partial charge in [-0.2, -0.15) is 0 Å². The molecule has 4 aromatic carbocycles. The number of allylic oxidation sites excluding steroid dienone is 3. The Bertz CT molecular complexity index is 1360. The van der Waals surface area contributed by atoms with Crippen LogP contribution in [0.15, 0.2) is 111 Å². The van der Waals surface area contributed by atoms with Crippen molar-refractivity contribution in [2.45, 2.75) is 39.1 Å². The molecule has 0 amide bonds. The molecule has 0 saturated heterocycles. The lowest BCUT2D eigenvalue weighted by atomic mass is 10.1. The van der Waals surface area contributed by atoms with Crippen molar-refractivity contribution in [2.24, 2.45) is 0 Å². The third-order valence-corrected chi connectivity index (χ3v) is 7.39.